The van der Waals surface area contributed by atoms with Crippen LogP contribution in [-0.4, -0.2) is 16.6 Å². The number of nitro groups is 1. The number of rotatable bonds is 5. The summed E-state index contributed by atoms with van der Waals surface area (Å²) in [7, 11) is 0. The molecule has 0 heterocycles. The van der Waals surface area contributed by atoms with Gasteiger partial charge in [0.2, 0.25) is 0 Å². The minimum atomic E-state index is -0.528. The lowest BCUT2D eigenvalue weighted by molar-refractivity contribution is -0.385. The maximum absolute atomic E-state index is 11.1. The monoisotopic (exact) mass is 371 g/mol. The molecular weight excluding hydrogens is 361 g/mol. The van der Waals surface area contributed by atoms with Crippen LogP contribution in [-0.2, 0) is 4.74 Å². The summed E-state index contributed by atoms with van der Waals surface area (Å²) in [5, 5.41) is 11.9. The fraction of sp³-hybridized carbons (Fsp3) is 0.133. The van der Waals surface area contributed by atoms with Gasteiger partial charge in [-0.3, -0.25) is 10.1 Å². The average molecular weight is 372 g/mol. The van der Waals surface area contributed by atoms with E-state index in [1.807, 2.05) is 0 Å². The summed E-state index contributed by atoms with van der Waals surface area (Å²) in [5.41, 5.74) is 0.0208. The Morgan fingerprint density at radius 2 is 2.00 bits per heavy atom. The zero-order valence-corrected chi connectivity index (χ0v) is 14.2. The van der Waals surface area contributed by atoms with Gasteiger partial charge in [0.25, 0.3) is 5.69 Å². The fourth-order valence-corrected chi connectivity index (χ4v) is 2.52. The highest BCUT2D eigenvalue weighted by molar-refractivity contribution is 7.80. The van der Waals surface area contributed by atoms with E-state index in [0.717, 1.165) is 0 Å². The molecule has 23 heavy (non-hydrogen) atoms. The van der Waals surface area contributed by atoms with Crippen LogP contribution in [0.3, 0.4) is 0 Å². The van der Waals surface area contributed by atoms with Crippen LogP contribution in [0.2, 0.25) is 10.0 Å². The number of hydrogen-bond donors (Lipinski definition) is 0. The van der Waals surface area contributed by atoms with E-state index in [4.69, 9.17) is 44.9 Å². The first kappa shape index (κ1) is 17.5. The van der Waals surface area contributed by atoms with Gasteiger partial charge in [0.15, 0.2) is 5.05 Å². The second-order valence-corrected chi connectivity index (χ2v) is 5.55. The first-order valence-electron chi connectivity index (χ1n) is 6.51. The van der Waals surface area contributed by atoms with Gasteiger partial charge in [0.1, 0.15) is 17.1 Å². The third kappa shape index (κ3) is 4.31. The van der Waals surface area contributed by atoms with Gasteiger partial charge < -0.3 is 9.47 Å². The van der Waals surface area contributed by atoms with Crippen LogP contribution < -0.4 is 4.74 Å². The predicted octanol–water partition coefficient (Wildman–Crippen LogP) is 5.41. The highest BCUT2D eigenvalue weighted by atomic mass is 35.5. The Morgan fingerprint density at radius 1 is 1.26 bits per heavy atom. The third-order valence-corrected chi connectivity index (χ3v) is 3.65. The highest BCUT2D eigenvalue weighted by Gasteiger charge is 2.20. The van der Waals surface area contributed by atoms with E-state index in [1.54, 1.807) is 19.1 Å². The molecule has 0 atom stereocenters. The second kappa shape index (κ2) is 7.59. The van der Waals surface area contributed by atoms with Gasteiger partial charge in [-0.05, 0) is 49.5 Å². The van der Waals surface area contributed by atoms with Gasteiger partial charge in [-0.2, -0.15) is 0 Å². The molecule has 0 saturated carbocycles. The molecule has 8 heteroatoms. The Hall–Kier alpha value is -1.89. The van der Waals surface area contributed by atoms with Crippen molar-refractivity contribution in [3.05, 3.63) is 62.1 Å². The molecule has 0 bridgehead atoms. The van der Waals surface area contributed by atoms with Gasteiger partial charge >= 0.3 is 0 Å². The Balaban J connectivity index is 2.38. The summed E-state index contributed by atoms with van der Waals surface area (Å²) in [6, 6.07) is 8.98. The molecule has 0 unspecified atom stereocenters. The van der Waals surface area contributed by atoms with Crippen LogP contribution in [0.1, 0.15) is 12.5 Å². The maximum atomic E-state index is 11.1. The second-order valence-electron chi connectivity index (χ2n) is 4.33. The number of hydrogen-bond acceptors (Lipinski definition) is 5. The van der Waals surface area contributed by atoms with Crippen molar-refractivity contribution in [1.29, 1.82) is 0 Å². The van der Waals surface area contributed by atoms with Crippen LogP contribution in [0.25, 0.3) is 0 Å². The van der Waals surface area contributed by atoms with Crippen molar-refractivity contribution in [3.8, 4) is 11.5 Å². The van der Waals surface area contributed by atoms with E-state index in [0.29, 0.717) is 28.2 Å². The van der Waals surface area contributed by atoms with E-state index in [-0.39, 0.29) is 16.3 Å². The van der Waals surface area contributed by atoms with E-state index in [9.17, 15) is 10.1 Å². The molecule has 5 nitrogen and oxygen atoms in total. The van der Waals surface area contributed by atoms with E-state index in [1.165, 1.54) is 24.3 Å². The minimum Gasteiger partial charge on any atom is -0.483 e. The van der Waals surface area contributed by atoms with Gasteiger partial charge in [-0.25, -0.2) is 0 Å². The summed E-state index contributed by atoms with van der Waals surface area (Å²) >= 11 is 16.9. The Labute approximate surface area is 147 Å². The molecule has 120 valence electrons. The molecule has 2 aromatic rings. The molecule has 0 aliphatic rings. The molecule has 0 spiro atoms. The fourth-order valence-electron chi connectivity index (χ4n) is 1.80. The quantitative estimate of drug-likeness (QED) is 0.399. The standard InChI is InChI=1S/C15H11Cl2NO4S/c1-2-21-15(23)11-8-10(4-5-13(11)18(19)20)22-14-6-3-9(16)7-12(14)17/h3-8H,2H2,1H3. The number of thiocarbonyl (C=S) groups is 1. The summed E-state index contributed by atoms with van der Waals surface area (Å²) in [5.74, 6) is 0.718. The lowest BCUT2D eigenvalue weighted by atomic mass is 10.2. The van der Waals surface area contributed by atoms with Crippen molar-refractivity contribution < 1.29 is 14.4 Å². The van der Waals surface area contributed by atoms with Gasteiger partial charge in [-0.1, -0.05) is 23.2 Å². The lowest BCUT2D eigenvalue weighted by Gasteiger charge is -2.10. The van der Waals surface area contributed by atoms with E-state index >= 15 is 0 Å². The number of nitro benzene ring substituents is 1. The molecule has 0 radical (unpaired) electrons. The normalized spacial score (nSPS) is 10.2. The van der Waals surface area contributed by atoms with Gasteiger partial charge in [0, 0.05) is 11.1 Å². The van der Waals surface area contributed by atoms with Gasteiger partial charge in [0.05, 0.1) is 16.6 Å². The molecule has 0 N–H and O–H groups in total. The average Bonchev–Trinajstić information content (AvgIpc) is 2.50. The van der Waals surface area contributed by atoms with Crippen molar-refractivity contribution in [1.82, 2.24) is 0 Å². The Morgan fingerprint density at radius 3 is 2.61 bits per heavy atom. The first-order chi connectivity index (χ1) is 10.9. The summed E-state index contributed by atoms with van der Waals surface area (Å²) < 4.78 is 10.8. The Kier molecular flexibility index (Phi) is 5.76. The molecule has 0 saturated heterocycles. The Bertz CT molecular complexity index is 767. The molecule has 0 amide bonds. The van der Waals surface area contributed by atoms with Crippen LogP contribution in [0.5, 0.6) is 11.5 Å². The number of halogens is 2. The summed E-state index contributed by atoms with van der Waals surface area (Å²) in [6.45, 7) is 2.05. The van der Waals surface area contributed by atoms with Crippen LogP contribution in [0.15, 0.2) is 36.4 Å². The molecule has 0 fully saturated rings. The summed E-state index contributed by atoms with van der Waals surface area (Å²) in [4.78, 5) is 10.6. The zero-order valence-electron chi connectivity index (χ0n) is 11.9. The lowest BCUT2D eigenvalue weighted by Crippen LogP contribution is -2.07. The molecular formula is C15H11Cl2NO4S. The molecule has 2 aromatic carbocycles. The third-order valence-electron chi connectivity index (χ3n) is 2.78. The van der Waals surface area contributed by atoms with Crippen molar-refractivity contribution in [3.63, 3.8) is 0 Å². The predicted molar refractivity (Wildman–Crippen MR) is 93.0 cm³/mol. The SMILES string of the molecule is CCOC(=S)c1cc(Oc2ccc(Cl)cc2Cl)ccc1[N+](=O)[O-]. The number of benzene rings is 2. The topological polar surface area (TPSA) is 61.6 Å². The van der Waals surface area contributed by atoms with Gasteiger partial charge in [-0.15, -0.1) is 0 Å². The maximum Gasteiger partial charge on any atom is 0.281 e. The first-order valence-corrected chi connectivity index (χ1v) is 7.67. The van der Waals surface area contributed by atoms with Crippen molar-refractivity contribution >= 4 is 46.2 Å². The van der Waals surface area contributed by atoms with E-state index in [2.05, 4.69) is 0 Å². The van der Waals surface area contributed by atoms with Crippen molar-refractivity contribution in [2.75, 3.05) is 6.61 Å². The van der Waals surface area contributed by atoms with Crippen LogP contribution >= 0.6 is 35.4 Å². The molecule has 0 aliphatic carbocycles. The van der Waals surface area contributed by atoms with Crippen LogP contribution in [0, 0.1) is 10.1 Å². The van der Waals surface area contributed by atoms with E-state index < -0.39 is 4.92 Å². The zero-order chi connectivity index (χ0) is 17.0. The van der Waals surface area contributed by atoms with Crippen molar-refractivity contribution in [2.45, 2.75) is 6.92 Å². The minimum absolute atomic E-state index is 0.0341. The highest BCUT2D eigenvalue weighted by Crippen LogP contribution is 2.33. The number of ether oxygens (including phenoxy) is 2. The number of nitrogens with zero attached hydrogens (tertiary/aromatic N) is 1. The smallest absolute Gasteiger partial charge is 0.281 e. The van der Waals surface area contributed by atoms with Crippen LogP contribution in [0.4, 0.5) is 5.69 Å². The largest absolute Gasteiger partial charge is 0.483 e. The molecule has 0 aromatic heterocycles. The van der Waals surface area contributed by atoms with Crippen molar-refractivity contribution in [2.24, 2.45) is 0 Å². The molecule has 0 aliphatic heterocycles. The molecule has 2 rings (SSSR count). The summed E-state index contributed by atoms with van der Waals surface area (Å²) in [6.07, 6.45) is 0.